The molecule has 0 aromatic rings. The van der Waals surface area contributed by atoms with Gasteiger partial charge < -0.3 is 14.7 Å². The zero-order chi connectivity index (χ0) is 11.3. The summed E-state index contributed by atoms with van der Waals surface area (Å²) < 4.78 is 4.89. The van der Waals surface area contributed by atoms with E-state index in [2.05, 4.69) is 0 Å². The number of hydrogen-bond donors (Lipinski definition) is 1. The lowest BCUT2D eigenvalue weighted by atomic mass is 10.1. The van der Waals surface area contributed by atoms with Crippen LogP contribution in [0.2, 0.25) is 0 Å². The Morgan fingerprint density at radius 1 is 1.67 bits per heavy atom. The Bertz CT molecular complexity index is 242. The van der Waals surface area contributed by atoms with Crippen molar-refractivity contribution in [3.05, 3.63) is 0 Å². The van der Waals surface area contributed by atoms with Crippen molar-refractivity contribution < 1.29 is 19.4 Å². The molecule has 1 saturated heterocycles. The predicted molar refractivity (Wildman–Crippen MR) is 53.6 cm³/mol. The van der Waals surface area contributed by atoms with Gasteiger partial charge in [0.15, 0.2) is 0 Å². The largest absolute Gasteiger partial charge is 0.481 e. The molecule has 1 unspecified atom stereocenters. The summed E-state index contributed by atoms with van der Waals surface area (Å²) in [7, 11) is 0. The second-order valence-electron chi connectivity index (χ2n) is 3.95. The Balaban J connectivity index is 2.26. The molecule has 1 aliphatic rings. The topological polar surface area (TPSA) is 66.8 Å². The number of cyclic esters (lactones) is 1. The standard InChI is InChI=1S/C10H17NO4/c1-8(3-4-9(12)13)7-11-5-2-6-15-10(11)14/h8H,2-7H2,1H3,(H,12,13). The Kier molecular flexibility index (Phi) is 4.39. The molecule has 1 aliphatic heterocycles. The van der Waals surface area contributed by atoms with E-state index in [0.717, 1.165) is 13.0 Å². The van der Waals surface area contributed by atoms with Crippen LogP contribution in [-0.2, 0) is 9.53 Å². The molecule has 0 radical (unpaired) electrons. The van der Waals surface area contributed by atoms with Crippen LogP contribution < -0.4 is 0 Å². The quantitative estimate of drug-likeness (QED) is 0.751. The number of hydrogen-bond acceptors (Lipinski definition) is 3. The zero-order valence-corrected chi connectivity index (χ0v) is 8.94. The maximum absolute atomic E-state index is 11.3. The first-order valence-corrected chi connectivity index (χ1v) is 5.23. The molecule has 0 spiro atoms. The van der Waals surface area contributed by atoms with Crippen molar-refractivity contribution >= 4 is 12.1 Å². The number of ether oxygens (including phenoxy) is 1. The molecule has 0 aliphatic carbocycles. The van der Waals surface area contributed by atoms with Crippen LogP contribution in [0.5, 0.6) is 0 Å². The lowest BCUT2D eigenvalue weighted by Gasteiger charge is -2.28. The van der Waals surface area contributed by atoms with Gasteiger partial charge in [0.05, 0.1) is 6.61 Å². The van der Waals surface area contributed by atoms with Crippen molar-refractivity contribution in [2.75, 3.05) is 19.7 Å². The summed E-state index contributed by atoms with van der Waals surface area (Å²) in [5.41, 5.74) is 0. The molecule has 1 N–H and O–H groups in total. The second-order valence-corrected chi connectivity index (χ2v) is 3.95. The highest BCUT2D eigenvalue weighted by Crippen LogP contribution is 2.12. The first kappa shape index (κ1) is 11.8. The molecule has 1 heterocycles. The number of carbonyl (C=O) groups is 2. The molecule has 1 atom stereocenters. The van der Waals surface area contributed by atoms with Crippen LogP contribution in [0.4, 0.5) is 4.79 Å². The minimum atomic E-state index is -0.789. The van der Waals surface area contributed by atoms with E-state index in [4.69, 9.17) is 9.84 Å². The summed E-state index contributed by atoms with van der Waals surface area (Å²) in [6.07, 6.45) is 1.34. The van der Waals surface area contributed by atoms with Crippen LogP contribution in [-0.4, -0.2) is 41.8 Å². The molecule has 1 rings (SSSR count). The van der Waals surface area contributed by atoms with Crippen LogP contribution in [0.1, 0.15) is 26.2 Å². The molecule has 1 fully saturated rings. The average Bonchev–Trinajstić information content (AvgIpc) is 2.18. The third-order valence-corrected chi connectivity index (χ3v) is 2.44. The number of aliphatic carboxylic acids is 1. The molecule has 0 bridgehead atoms. The molecule has 0 saturated carbocycles. The van der Waals surface area contributed by atoms with Crippen molar-refractivity contribution in [3.63, 3.8) is 0 Å². The van der Waals surface area contributed by atoms with Gasteiger partial charge in [-0.1, -0.05) is 6.92 Å². The molecule has 5 heteroatoms. The van der Waals surface area contributed by atoms with Crippen molar-refractivity contribution in [1.29, 1.82) is 0 Å². The molecule has 0 aromatic carbocycles. The average molecular weight is 215 g/mol. The Morgan fingerprint density at radius 2 is 2.40 bits per heavy atom. The van der Waals surface area contributed by atoms with Crippen molar-refractivity contribution in [2.45, 2.75) is 26.2 Å². The van der Waals surface area contributed by atoms with Crippen LogP contribution in [0.15, 0.2) is 0 Å². The van der Waals surface area contributed by atoms with E-state index >= 15 is 0 Å². The van der Waals surface area contributed by atoms with E-state index in [1.54, 1.807) is 4.90 Å². The Labute approximate surface area is 89.0 Å². The first-order valence-electron chi connectivity index (χ1n) is 5.23. The maximum atomic E-state index is 11.3. The second kappa shape index (κ2) is 5.58. The molecule has 0 aromatic heterocycles. The van der Waals surface area contributed by atoms with Gasteiger partial charge in [0, 0.05) is 19.5 Å². The van der Waals surface area contributed by atoms with Gasteiger partial charge in [-0.15, -0.1) is 0 Å². The van der Waals surface area contributed by atoms with Crippen LogP contribution >= 0.6 is 0 Å². The number of amides is 1. The Hall–Kier alpha value is -1.26. The summed E-state index contributed by atoms with van der Waals surface area (Å²) in [5, 5.41) is 8.51. The third kappa shape index (κ3) is 4.18. The highest BCUT2D eigenvalue weighted by Gasteiger charge is 2.21. The molecule has 86 valence electrons. The Morgan fingerprint density at radius 3 is 3.00 bits per heavy atom. The zero-order valence-electron chi connectivity index (χ0n) is 8.94. The summed E-state index contributed by atoms with van der Waals surface area (Å²) in [5.74, 6) is -0.588. The lowest BCUT2D eigenvalue weighted by Crippen LogP contribution is -2.40. The number of carbonyl (C=O) groups excluding carboxylic acids is 1. The van der Waals surface area contributed by atoms with Crippen molar-refractivity contribution in [3.8, 4) is 0 Å². The molecular formula is C10H17NO4. The van der Waals surface area contributed by atoms with Gasteiger partial charge in [-0.05, 0) is 18.8 Å². The minimum absolute atomic E-state index is 0.157. The number of rotatable bonds is 5. The summed E-state index contributed by atoms with van der Waals surface area (Å²) in [6.45, 7) is 3.76. The van der Waals surface area contributed by atoms with E-state index in [1.807, 2.05) is 6.92 Å². The summed E-state index contributed by atoms with van der Waals surface area (Å²) in [4.78, 5) is 23.3. The lowest BCUT2D eigenvalue weighted by molar-refractivity contribution is -0.137. The van der Waals surface area contributed by atoms with E-state index < -0.39 is 5.97 Å². The van der Waals surface area contributed by atoms with Gasteiger partial charge in [-0.2, -0.15) is 0 Å². The monoisotopic (exact) mass is 215 g/mol. The molecule has 5 nitrogen and oxygen atoms in total. The highest BCUT2D eigenvalue weighted by atomic mass is 16.6. The first-order chi connectivity index (χ1) is 7.09. The van der Waals surface area contributed by atoms with E-state index in [-0.39, 0.29) is 18.4 Å². The predicted octanol–water partition coefficient (Wildman–Crippen LogP) is 1.33. The van der Waals surface area contributed by atoms with Crippen molar-refractivity contribution in [2.24, 2.45) is 5.92 Å². The fourth-order valence-electron chi connectivity index (χ4n) is 1.60. The van der Waals surface area contributed by atoms with Gasteiger partial charge in [0.25, 0.3) is 0 Å². The van der Waals surface area contributed by atoms with Gasteiger partial charge >= 0.3 is 12.1 Å². The van der Waals surface area contributed by atoms with Crippen LogP contribution in [0.3, 0.4) is 0 Å². The van der Waals surface area contributed by atoms with E-state index in [9.17, 15) is 9.59 Å². The SMILES string of the molecule is CC(CCC(=O)O)CN1CCCOC1=O. The van der Waals surface area contributed by atoms with Crippen LogP contribution in [0.25, 0.3) is 0 Å². The van der Waals surface area contributed by atoms with E-state index in [1.165, 1.54) is 0 Å². The van der Waals surface area contributed by atoms with Gasteiger partial charge in [-0.3, -0.25) is 4.79 Å². The molecular weight excluding hydrogens is 198 g/mol. The summed E-state index contributed by atoms with van der Waals surface area (Å²) in [6, 6.07) is 0. The van der Waals surface area contributed by atoms with Gasteiger partial charge in [-0.25, -0.2) is 4.79 Å². The molecule has 1 amide bonds. The highest BCUT2D eigenvalue weighted by molar-refractivity contribution is 5.68. The number of nitrogens with zero attached hydrogens (tertiary/aromatic N) is 1. The minimum Gasteiger partial charge on any atom is -0.481 e. The third-order valence-electron chi connectivity index (χ3n) is 2.44. The smallest absolute Gasteiger partial charge is 0.409 e. The van der Waals surface area contributed by atoms with E-state index in [0.29, 0.717) is 19.6 Å². The maximum Gasteiger partial charge on any atom is 0.409 e. The van der Waals surface area contributed by atoms with Gasteiger partial charge in [0.1, 0.15) is 0 Å². The fraction of sp³-hybridized carbons (Fsp3) is 0.800. The van der Waals surface area contributed by atoms with Gasteiger partial charge in [0.2, 0.25) is 0 Å². The molecule has 15 heavy (non-hydrogen) atoms. The fourth-order valence-corrected chi connectivity index (χ4v) is 1.60. The number of carboxylic acids is 1. The number of carboxylic acid groups (broad SMARTS) is 1. The normalized spacial score (nSPS) is 18.5. The summed E-state index contributed by atoms with van der Waals surface area (Å²) >= 11 is 0. The van der Waals surface area contributed by atoms with Crippen LogP contribution in [0, 0.1) is 5.92 Å². The van der Waals surface area contributed by atoms with Crippen molar-refractivity contribution in [1.82, 2.24) is 4.90 Å².